The normalized spacial score (nSPS) is 11.9. The Balaban J connectivity index is 1.47. The van der Waals surface area contributed by atoms with Crippen LogP contribution in [0.25, 0.3) is 10.9 Å². The van der Waals surface area contributed by atoms with Crippen LogP contribution in [0, 0.1) is 6.92 Å². The van der Waals surface area contributed by atoms with Crippen molar-refractivity contribution in [1.29, 1.82) is 0 Å². The second kappa shape index (κ2) is 8.20. The van der Waals surface area contributed by atoms with Gasteiger partial charge in [-0.3, -0.25) is 4.79 Å². The fourth-order valence-electron chi connectivity index (χ4n) is 3.08. The van der Waals surface area contributed by atoms with Gasteiger partial charge in [0.25, 0.3) is 0 Å². The highest BCUT2D eigenvalue weighted by Crippen LogP contribution is 2.23. The van der Waals surface area contributed by atoms with Crippen molar-refractivity contribution in [2.75, 3.05) is 0 Å². The number of hydrogen-bond donors (Lipinski definition) is 1. The first-order valence-electron chi connectivity index (χ1n) is 9.35. The number of carbonyl (C=O) groups excluding carboxylic acids is 2. The van der Waals surface area contributed by atoms with E-state index in [1.165, 1.54) is 0 Å². The molecule has 0 radical (unpaired) electrons. The summed E-state index contributed by atoms with van der Waals surface area (Å²) in [5.74, 6) is 0.137. The van der Waals surface area contributed by atoms with E-state index in [-0.39, 0.29) is 18.0 Å². The van der Waals surface area contributed by atoms with Crippen LogP contribution in [-0.4, -0.2) is 33.0 Å². The second-order valence-corrected chi connectivity index (χ2v) is 6.67. The van der Waals surface area contributed by atoms with Crippen LogP contribution in [0.3, 0.4) is 0 Å². The third-order valence-electron chi connectivity index (χ3n) is 4.54. The SMILES string of the molecule is Cc1nc(COc2ccccc2C(=O)O[C@H](C)C(=O)c2c[nH]c3ccccc23)no1. The number of H-pyrrole nitrogens is 1. The van der Waals surface area contributed by atoms with Crippen LogP contribution >= 0.6 is 0 Å². The molecule has 0 saturated carbocycles. The molecule has 2 heterocycles. The number of carbonyl (C=O) groups is 2. The zero-order chi connectivity index (χ0) is 21.1. The molecule has 1 atom stereocenters. The topological polar surface area (TPSA) is 107 Å². The summed E-state index contributed by atoms with van der Waals surface area (Å²) in [6.07, 6.45) is 0.658. The molecule has 0 aliphatic rings. The van der Waals surface area contributed by atoms with Gasteiger partial charge in [0, 0.05) is 29.6 Å². The minimum atomic E-state index is -0.968. The Kier molecular flexibility index (Phi) is 5.30. The first kappa shape index (κ1) is 19.4. The zero-order valence-electron chi connectivity index (χ0n) is 16.4. The van der Waals surface area contributed by atoms with Crippen LogP contribution in [0.4, 0.5) is 0 Å². The van der Waals surface area contributed by atoms with Crippen molar-refractivity contribution in [3.63, 3.8) is 0 Å². The van der Waals surface area contributed by atoms with E-state index in [1.54, 1.807) is 44.3 Å². The molecule has 4 rings (SSSR count). The fraction of sp³-hybridized carbons (Fsp3) is 0.182. The molecule has 8 nitrogen and oxygen atoms in total. The van der Waals surface area contributed by atoms with E-state index in [9.17, 15) is 9.59 Å². The van der Waals surface area contributed by atoms with Gasteiger partial charge in [0.05, 0.1) is 0 Å². The Morgan fingerprint density at radius 2 is 1.87 bits per heavy atom. The molecule has 30 heavy (non-hydrogen) atoms. The van der Waals surface area contributed by atoms with E-state index in [0.29, 0.717) is 23.0 Å². The molecule has 4 aromatic rings. The van der Waals surface area contributed by atoms with Gasteiger partial charge in [0.15, 0.2) is 12.7 Å². The van der Waals surface area contributed by atoms with Crippen molar-refractivity contribution in [2.45, 2.75) is 26.6 Å². The average Bonchev–Trinajstić information content (AvgIpc) is 3.37. The van der Waals surface area contributed by atoms with Gasteiger partial charge in [0.2, 0.25) is 17.5 Å². The summed E-state index contributed by atoms with van der Waals surface area (Å²) in [7, 11) is 0. The molecule has 0 aliphatic carbocycles. The molecule has 2 aromatic carbocycles. The summed E-state index contributed by atoms with van der Waals surface area (Å²) in [5, 5.41) is 4.54. The van der Waals surface area contributed by atoms with Crippen molar-refractivity contribution in [3.05, 3.63) is 77.6 Å². The third kappa shape index (κ3) is 3.93. The number of para-hydroxylation sites is 2. The summed E-state index contributed by atoms with van der Waals surface area (Å²) in [4.78, 5) is 32.7. The summed E-state index contributed by atoms with van der Waals surface area (Å²) in [5.41, 5.74) is 1.52. The van der Waals surface area contributed by atoms with Crippen molar-refractivity contribution in [2.24, 2.45) is 0 Å². The van der Waals surface area contributed by atoms with Gasteiger partial charge in [0.1, 0.15) is 11.3 Å². The molecule has 0 aliphatic heterocycles. The molecule has 1 N–H and O–H groups in total. The number of aromatic amines is 1. The number of aromatic nitrogens is 3. The number of ketones is 1. The highest BCUT2D eigenvalue weighted by Gasteiger charge is 2.24. The van der Waals surface area contributed by atoms with Crippen LogP contribution in [0.5, 0.6) is 5.75 Å². The van der Waals surface area contributed by atoms with Crippen molar-refractivity contribution in [1.82, 2.24) is 15.1 Å². The van der Waals surface area contributed by atoms with Gasteiger partial charge in [-0.05, 0) is 25.1 Å². The van der Waals surface area contributed by atoms with Crippen LogP contribution in [0.15, 0.2) is 59.3 Å². The van der Waals surface area contributed by atoms with Crippen LogP contribution in [0.2, 0.25) is 0 Å². The van der Waals surface area contributed by atoms with Gasteiger partial charge >= 0.3 is 5.97 Å². The van der Waals surface area contributed by atoms with E-state index < -0.39 is 12.1 Å². The molecule has 152 valence electrons. The number of esters is 1. The van der Waals surface area contributed by atoms with E-state index in [1.807, 2.05) is 24.3 Å². The molecule has 0 fully saturated rings. The predicted octanol–water partition coefficient (Wildman–Crippen LogP) is 3.87. The number of aryl methyl sites for hydroxylation is 1. The molecule has 0 saturated heterocycles. The first-order chi connectivity index (χ1) is 14.5. The lowest BCUT2D eigenvalue weighted by Crippen LogP contribution is -2.24. The minimum absolute atomic E-state index is 0.0332. The number of fused-ring (bicyclic) bond motifs is 1. The minimum Gasteiger partial charge on any atom is -0.485 e. The number of nitrogens with zero attached hydrogens (tertiary/aromatic N) is 2. The average molecular weight is 405 g/mol. The van der Waals surface area contributed by atoms with Gasteiger partial charge in [-0.25, -0.2) is 4.79 Å². The largest absolute Gasteiger partial charge is 0.485 e. The van der Waals surface area contributed by atoms with Crippen molar-refractivity contribution < 1.29 is 23.6 Å². The highest BCUT2D eigenvalue weighted by molar-refractivity contribution is 6.10. The molecular weight excluding hydrogens is 386 g/mol. The van der Waals surface area contributed by atoms with E-state index in [0.717, 1.165) is 10.9 Å². The molecular formula is C22H19N3O5. The molecule has 8 heteroatoms. The third-order valence-corrected chi connectivity index (χ3v) is 4.54. The number of ether oxygens (including phenoxy) is 2. The molecule has 0 amide bonds. The maximum absolute atomic E-state index is 12.8. The van der Waals surface area contributed by atoms with Crippen LogP contribution in [-0.2, 0) is 11.3 Å². The maximum Gasteiger partial charge on any atom is 0.342 e. The standard InChI is InChI=1S/C22H19N3O5/c1-13(21(26)17-11-23-18-9-5-3-7-15(17)18)29-22(27)16-8-4-6-10-19(16)28-12-20-24-14(2)30-25-20/h3-11,13,23H,12H2,1-2H3/t13-/m1/s1. The van der Waals surface area contributed by atoms with E-state index in [2.05, 4.69) is 15.1 Å². The van der Waals surface area contributed by atoms with Gasteiger partial charge in [-0.15, -0.1) is 0 Å². The van der Waals surface area contributed by atoms with Gasteiger partial charge in [-0.1, -0.05) is 35.5 Å². The monoisotopic (exact) mass is 405 g/mol. The molecule has 2 aromatic heterocycles. The van der Waals surface area contributed by atoms with E-state index in [4.69, 9.17) is 14.0 Å². The van der Waals surface area contributed by atoms with Crippen LogP contribution < -0.4 is 4.74 Å². The number of Topliss-reactive ketones (excluding diaryl/α,β-unsaturated/α-hetero) is 1. The number of hydrogen-bond acceptors (Lipinski definition) is 7. The zero-order valence-corrected chi connectivity index (χ0v) is 16.4. The Hall–Kier alpha value is -3.94. The number of rotatable bonds is 7. The summed E-state index contributed by atoms with van der Waals surface area (Å²) in [6.45, 7) is 3.26. The second-order valence-electron chi connectivity index (χ2n) is 6.67. The fourth-order valence-corrected chi connectivity index (χ4v) is 3.08. The number of benzene rings is 2. The quantitative estimate of drug-likeness (QED) is 0.367. The Morgan fingerprint density at radius 1 is 1.10 bits per heavy atom. The first-order valence-corrected chi connectivity index (χ1v) is 9.35. The lowest BCUT2D eigenvalue weighted by atomic mass is 10.1. The summed E-state index contributed by atoms with van der Waals surface area (Å²) < 4.78 is 16.0. The number of nitrogens with one attached hydrogen (secondary N) is 1. The lowest BCUT2D eigenvalue weighted by Gasteiger charge is -2.14. The lowest BCUT2D eigenvalue weighted by molar-refractivity contribution is 0.0315. The van der Waals surface area contributed by atoms with Crippen LogP contribution in [0.1, 0.15) is 39.4 Å². The molecule has 0 unspecified atom stereocenters. The van der Waals surface area contributed by atoms with Crippen molar-refractivity contribution in [3.8, 4) is 5.75 Å². The van der Waals surface area contributed by atoms with Gasteiger partial charge < -0.3 is 19.0 Å². The smallest absolute Gasteiger partial charge is 0.342 e. The Bertz CT molecular complexity index is 1210. The molecule has 0 spiro atoms. The molecule has 0 bridgehead atoms. The van der Waals surface area contributed by atoms with E-state index >= 15 is 0 Å². The summed E-state index contributed by atoms with van der Waals surface area (Å²) >= 11 is 0. The summed E-state index contributed by atoms with van der Waals surface area (Å²) in [6, 6.07) is 14.1. The Morgan fingerprint density at radius 3 is 2.67 bits per heavy atom. The highest BCUT2D eigenvalue weighted by atomic mass is 16.5. The maximum atomic E-state index is 12.8. The van der Waals surface area contributed by atoms with Gasteiger partial charge in [-0.2, -0.15) is 4.98 Å². The van der Waals surface area contributed by atoms with Crippen molar-refractivity contribution >= 4 is 22.7 Å². The Labute approximate surface area is 171 Å². The predicted molar refractivity (Wildman–Crippen MR) is 107 cm³/mol.